The van der Waals surface area contributed by atoms with E-state index in [1.807, 2.05) is 23.1 Å². The Kier molecular flexibility index (Phi) is 3.71. The van der Waals surface area contributed by atoms with E-state index in [9.17, 15) is 9.59 Å². The molecule has 0 saturated heterocycles. The van der Waals surface area contributed by atoms with Crippen LogP contribution in [0.25, 0.3) is 0 Å². The minimum Gasteiger partial charge on any atom is -0.360 e. The Morgan fingerprint density at radius 1 is 1.39 bits per heavy atom. The van der Waals surface area contributed by atoms with Gasteiger partial charge >= 0.3 is 0 Å². The summed E-state index contributed by atoms with van der Waals surface area (Å²) >= 11 is 3.41. The van der Waals surface area contributed by atoms with Crippen molar-refractivity contribution in [1.29, 1.82) is 0 Å². The van der Waals surface area contributed by atoms with E-state index in [1.165, 1.54) is 0 Å². The maximum absolute atomic E-state index is 11.9. The predicted molar refractivity (Wildman–Crippen MR) is 75.1 cm³/mol. The Bertz CT molecular complexity index is 502. The van der Waals surface area contributed by atoms with Crippen molar-refractivity contribution in [2.75, 3.05) is 29.9 Å². The standard InChI is InChI=1S/C13H15BrN2O2/c1-9(17)5-6-16-8-13(18)15(2)12-7-10(14)3-4-11(12)16/h3-4,7H,5-6,8H2,1-2H3. The van der Waals surface area contributed by atoms with E-state index in [-0.39, 0.29) is 11.7 Å². The number of carbonyl (C=O) groups is 2. The number of anilines is 2. The molecule has 96 valence electrons. The summed E-state index contributed by atoms with van der Waals surface area (Å²) in [4.78, 5) is 26.6. The number of fused-ring (bicyclic) bond motifs is 1. The largest absolute Gasteiger partial charge is 0.360 e. The highest BCUT2D eigenvalue weighted by atomic mass is 79.9. The molecule has 1 aromatic carbocycles. The number of halogens is 1. The van der Waals surface area contributed by atoms with Gasteiger partial charge in [0.2, 0.25) is 5.91 Å². The molecule has 5 heteroatoms. The number of hydrogen-bond donors (Lipinski definition) is 0. The average Bonchev–Trinajstić information content (AvgIpc) is 2.32. The van der Waals surface area contributed by atoms with Gasteiger partial charge < -0.3 is 9.80 Å². The lowest BCUT2D eigenvalue weighted by molar-refractivity contribution is -0.118. The molecule has 1 aliphatic rings. The van der Waals surface area contributed by atoms with Crippen LogP contribution in [0.4, 0.5) is 11.4 Å². The van der Waals surface area contributed by atoms with Crippen molar-refractivity contribution in [3.05, 3.63) is 22.7 Å². The summed E-state index contributed by atoms with van der Waals surface area (Å²) in [5.74, 6) is 0.184. The van der Waals surface area contributed by atoms with E-state index >= 15 is 0 Å². The lowest BCUT2D eigenvalue weighted by atomic mass is 10.1. The van der Waals surface area contributed by atoms with Crippen molar-refractivity contribution < 1.29 is 9.59 Å². The first kappa shape index (κ1) is 13.1. The van der Waals surface area contributed by atoms with Crippen molar-refractivity contribution in [3.8, 4) is 0 Å². The van der Waals surface area contributed by atoms with Crippen LogP contribution < -0.4 is 9.80 Å². The third kappa shape index (κ3) is 2.56. The third-order valence-corrected chi connectivity index (χ3v) is 3.57. The Morgan fingerprint density at radius 3 is 2.78 bits per heavy atom. The number of amides is 1. The SMILES string of the molecule is CC(=O)CCN1CC(=O)N(C)c2cc(Br)ccc21. The van der Waals surface area contributed by atoms with Crippen LogP contribution >= 0.6 is 15.9 Å². The van der Waals surface area contributed by atoms with Gasteiger partial charge in [-0.25, -0.2) is 0 Å². The van der Waals surface area contributed by atoms with Crippen molar-refractivity contribution in [2.24, 2.45) is 0 Å². The van der Waals surface area contributed by atoms with Crippen molar-refractivity contribution in [1.82, 2.24) is 0 Å². The maximum Gasteiger partial charge on any atom is 0.246 e. The molecule has 18 heavy (non-hydrogen) atoms. The highest BCUT2D eigenvalue weighted by Crippen LogP contribution is 2.35. The second-order valence-electron chi connectivity index (χ2n) is 4.46. The summed E-state index contributed by atoms with van der Waals surface area (Å²) in [5.41, 5.74) is 1.88. The van der Waals surface area contributed by atoms with Gasteiger partial charge in [0.05, 0.1) is 17.9 Å². The number of benzene rings is 1. The third-order valence-electron chi connectivity index (χ3n) is 3.07. The number of nitrogens with zero attached hydrogens (tertiary/aromatic N) is 2. The molecular formula is C13H15BrN2O2. The fourth-order valence-corrected chi connectivity index (χ4v) is 2.36. The predicted octanol–water partition coefficient (Wildman–Crippen LogP) is 2.21. The molecule has 0 atom stereocenters. The smallest absolute Gasteiger partial charge is 0.246 e. The normalized spacial score (nSPS) is 14.7. The van der Waals surface area contributed by atoms with E-state index < -0.39 is 0 Å². The fourth-order valence-electron chi connectivity index (χ4n) is 2.01. The van der Waals surface area contributed by atoms with Crippen molar-refractivity contribution in [3.63, 3.8) is 0 Å². The summed E-state index contributed by atoms with van der Waals surface area (Å²) in [6, 6.07) is 5.85. The molecule has 4 nitrogen and oxygen atoms in total. The monoisotopic (exact) mass is 310 g/mol. The summed E-state index contributed by atoms with van der Waals surface area (Å²) in [7, 11) is 1.77. The molecule has 0 aromatic heterocycles. The van der Waals surface area contributed by atoms with Crippen LogP contribution in [0.2, 0.25) is 0 Å². The molecule has 1 aliphatic heterocycles. The van der Waals surface area contributed by atoms with Crippen LogP contribution in [0.15, 0.2) is 22.7 Å². The molecule has 1 heterocycles. The van der Waals surface area contributed by atoms with Gasteiger partial charge in [0.25, 0.3) is 0 Å². The molecule has 0 unspecified atom stereocenters. The highest BCUT2D eigenvalue weighted by Gasteiger charge is 2.26. The Morgan fingerprint density at radius 2 is 2.11 bits per heavy atom. The highest BCUT2D eigenvalue weighted by molar-refractivity contribution is 9.10. The van der Waals surface area contributed by atoms with E-state index in [4.69, 9.17) is 0 Å². The van der Waals surface area contributed by atoms with Crippen LogP contribution in [0.5, 0.6) is 0 Å². The summed E-state index contributed by atoms with van der Waals surface area (Å²) < 4.78 is 0.939. The lowest BCUT2D eigenvalue weighted by Crippen LogP contribution is -2.44. The van der Waals surface area contributed by atoms with E-state index in [0.29, 0.717) is 19.5 Å². The van der Waals surface area contributed by atoms with Crippen LogP contribution in [-0.4, -0.2) is 31.8 Å². The summed E-state index contributed by atoms with van der Waals surface area (Å²) in [6.45, 7) is 2.49. The molecule has 1 aromatic rings. The maximum atomic E-state index is 11.9. The quantitative estimate of drug-likeness (QED) is 0.859. The van der Waals surface area contributed by atoms with E-state index in [2.05, 4.69) is 15.9 Å². The zero-order chi connectivity index (χ0) is 13.3. The number of likely N-dealkylation sites (N-methyl/N-ethyl adjacent to an activating group) is 1. The number of ketones is 1. The number of hydrogen-bond acceptors (Lipinski definition) is 3. The van der Waals surface area contributed by atoms with Crippen molar-refractivity contribution >= 4 is 39.0 Å². The number of Topliss-reactive ketones (excluding diaryl/α,β-unsaturated/α-hetero) is 1. The number of carbonyl (C=O) groups excluding carboxylic acids is 2. The zero-order valence-corrected chi connectivity index (χ0v) is 12.0. The minimum atomic E-state index is 0.0455. The van der Waals surface area contributed by atoms with Gasteiger partial charge in [-0.3, -0.25) is 9.59 Å². The van der Waals surface area contributed by atoms with Gasteiger partial charge in [0.15, 0.2) is 0 Å². The number of rotatable bonds is 3. The summed E-state index contributed by atoms with van der Waals surface area (Å²) in [6.07, 6.45) is 0.465. The lowest BCUT2D eigenvalue weighted by Gasteiger charge is -2.35. The van der Waals surface area contributed by atoms with Crippen LogP contribution in [0.1, 0.15) is 13.3 Å². The van der Waals surface area contributed by atoms with Gasteiger partial charge in [-0.05, 0) is 25.1 Å². The van der Waals surface area contributed by atoms with Crippen molar-refractivity contribution in [2.45, 2.75) is 13.3 Å². The first-order chi connectivity index (χ1) is 8.49. The molecule has 0 aliphatic carbocycles. The molecule has 1 amide bonds. The molecule has 0 N–H and O–H groups in total. The summed E-state index contributed by atoms with van der Waals surface area (Å²) in [5, 5.41) is 0. The molecule has 0 saturated carbocycles. The second-order valence-corrected chi connectivity index (χ2v) is 5.38. The van der Waals surface area contributed by atoms with E-state index in [1.54, 1.807) is 18.9 Å². The van der Waals surface area contributed by atoms with Crippen LogP contribution in [-0.2, 0) is 9.59 Å². The molecule has 2 rings (SSSR count). The van der Waals surface area contributed by atoms with Gasteiger partial charge in [-0.1, -0.05) is 15.9 Å². The molecule has 0 bridgehead atoms. The molecule has 0 spiro atoms. The average molecular weight is 311 g/mol. The fraction of sp³-hybridized carbons (Fsp3) is 0.385. The van der Waals surface area contributed by atoms with Crippen LogP contribution in [0.3, 0.4) is 0 Å². The molecule has 0 fully saturated rings. The van der Waals surface area contributed by atoms with Gasteiger partial charge in [0.1, 0.15) is 5.78 Å². The molecule has 0 radical (unpaired) electrons. The first-order valence-corrected chi connectivity index (χ1v) is 6.59. The zero-order valence-electron chi connectivity index (χ0n) is 10.4. The Labute approximate surface area is 115 Å². The molecular weight excluding hydrogens is 296 g/mol. The van der Waals surface area contributed by atoms with Gasteiger partial charge in [0, 0.05) is 24.5 Å². The first-order valence-electron chi connectivity index (χ1n) is 5.79. The Hall–Kier alpha value is -1.36. The van der Waals surface area contributed by atoms with E-state index in [0.717, 1.165) is 15.8 Å². The minimum absolute atomic E-state index is 0.0455. The topological polar surface area (TPSA) is 40.6 Å². The van der Waals surface area contributed by atoms with Gasteiger partial charge in [-0.15, -0.1) is 0 Å². The Balaban J connectivity index is 2.32. The second kappa shape index (κ2) is 5.10. The van der Waals surface area contributed by atoms with Crippen LogP contribution in [0, 0.1) is 0 Å². The van der Waals surface area contributed by atoms with Gasteiger partial charge in [-0.2, -0.15) is 0 Å².